The van der Waals surface area contributed by atoms with Crippen LogP contribution in [0.25, 0.3) is 0 Å². The van der Waals surface area contributed by atoms with E-state index in [0.717, 1.165) is 15.4 Å². The number of benzene rings is 2. The second-order valence-electron chi connectivity index (χ2n) is 5.53. The number of hydrazine groups is 1. The summed E-state index contributed by atoms with van der Waals surface area (Å²) >= 11 is 4.63. The van der Waals surface area contributed by atoms with E-state index in [2.05, 4.69) is 31.8 Å². The van der Waals surface area contributed by atoms with Crippen LogP contribution in [0.3, 0.4) is 0 Å². The summed E-state index contributed by atoms with van der Waals surface area (Å²) in [6.45, 7) is 0. The molecule has 0 saturated carbocycles. The monoisotopic (exact) mass is 467 g/mol. The van der Waals surface area contributed by atoms with E-state index in [9.17, 15) is 18.0 Å². The van der Waals surface area contributed by atoms with Gasteiger partial charge in [0.2, 0.25) is 0 Å². The number of para-hydroxylation sites is 1. The van der Waals surface area contributed by atoms with Gasteiger partial charge in [0.1, 0.15) is 5.03 Å². The topological polar surface area (TPSA) is 54.0 Å². The number of carbonyl (C=O) groups excluding carboxylic acids is 1. The minimum atomic E-state index is -4.54. The highest BCUT2D eigenvalue weighted by Crippen LogP contribution is 2.34. The summed E-state index contributed by atoms with van der Waals surface area (Å²) < 4.78 is 40.1. The van der Waals surface area contributed by atoms with Crippen molar-refractivity contribution in [1.82, 2.24) is 10.4 Å². The molecule has 2 N–H and O–H groups in total. The number of amides is 1. The Bertz CT molecular complexity index is 981. The fraction of sp³-hybridized carbons (Fsp3) is 0.0526. The molecule has 0 spiro atoms. The maximum Gasteiger partial charge on any atom is 0.418 e. The van der Waals surface area contributed by atoms with Crippen molar-refractivity contribution < 1.29 is 18.0 Å². The largest absolute Gasteiger partial charge is 0.418 e. The lowest BCUT2D eigenvalue weighted by Gasteiger charge is -2.15. The standard InChI is InChI=1S/C19H13BrF3N3OS/c20-12-7-9-13(10-8-12)28-18-14(4-3-11-24-18)17(27)26-25-16-6-2-1-5-15(16)19(21,22)23/h1-11,25H,(H,26,27). The van der Waals surface area contributed by atoms with E-state index in [1.165, 1.54) is 30.0 Å². The van der Waals surface area contributed by atoms with Gasteiger partial charge in [-0.25, -0.2) is 4.98 Å². The maximum atomic E-state index is 13.1. The first kappa shape index (κ1) is 20.2. The minimum absolute atomic E-state index is 0.241. The zero-order valence-electron chi connectivity index (χ0n) is 14.1. The molecule has 0 radical (unpaired) electrons. The lowest BCUT2D eigenvalue weighted by molar-refractivity contribution is -0.137. The predicted molar refractivity (Wildman–Crippen MR) is 105 cm³/mol. The molecule has 28 heavy (non-hydrogen) atoms. The van der Waals surface area contributed by atoms with E-state index >= 15 is 0 Å². The first-order valence-corrected chi connectivity index (χ1v) is 9.56. The van der Waals surface area contributed by atoms with Gasteiger partial charge in [-0.2, -0.15) is 13.2 Å². The third kappa shape index (κ3) is 5.05. The second-order valence-corrected chi connectivity index (χ2v) is 7.51. The number of pyridine rings is 1. The Morgan fingerprint density at radius 2 is 1.71 bits per heavy atom. The van der Waals surface area contributed by atoms with Gasteiger partial charge in [-0.15, -0.1) is 0 Å². The molecular weight excluding hydrogens is 455 g/mol. The van der Waals surface area contributed by atoms with Crippen LogP contribution in [0.1, 0.15) is 15.9 Å². The van der Waals surface area contributed by atoms with Gasteiger partial charge in [0.25, 0.3) is 5.91 Å². The molecule has 0 unspecified atom stereocenters. The molecule has 0 bridgehead atoms. The fourth-order valence-electron chi connectivity index (χ4n) is 2.29. The van der Waals surface area contributed by atoms with Crippen LogP contribution >= 0.6 is 27.7 Å². The molecule has 0 aliphatic carbocycles. The first-order chi connectivity index (χ1) is 13.3. The number of nitrogens with one attached hydrogen (secondary N) is 2. The van der Waals surface area contributed by atoms with Gasteiger partial charge in [0.05, 0.1) is 16.8 Å². The van der Waals surface area contributed by atoms with Crippen LogP contribution in [0, 0.1) is 0 Å². The zero-order chi connectivity index (χ0) is 20.1. The lowest BCUT2D eigenvalue weighted by Crippen LogP contribution is -2.31. The van der Waals surface area contributed by atoms with Gasteiger partial charge in [-0.05, 0) is 48.5 Å². The first-order valence-electron chi connectivity index (χ1n) is 7.95. The van der Waals surface area contributed by atoms with Gasteiger partial charge in [-0.3, -0.25) is 15.6 Å². The average Bonchev–Trinajstić information content (AvgIpc) is 2.68. The van der Waals surface area contributed by atoms with Crippen molar-refractivity contribution in [3.05, 3.63) is 82.5 Å². The van der Waals surface area contributed by atoms with Gasteiger partial charge < -0.3 is 0 Å². The average molecular weight is 468 g/mol. The molecule has 0 saturated heterocycles. The van der Waals surface area contributed by atoms with E-state index in [-0.39, 0.29) is 11.3 Å². The molecule has 1 amide bonds. The number of hydrogen-bond donors (Lipinski definition) is 2. The number of nitrogens with zero attached hydrogens (tertiary/aromatic N) is 1. The highest BCUT2D eigenvalue weighted by Gasteiger charge is 2.33. The van der Waals surface area contributed by atoms with Gasteiger partial charge >= 0.3 is 6.18 Å². The van der Waals surface area contributed by atoms with Crippen LogP contribution in [0.15, 0.2) is 81.3 Å². The predicted octanol–water partition coefficient (Wildman–Crippen LogP) is 5.77. The maximum absolute atomic E-state index is 13.1. The van der Waals surface area contributed by atoms with Gasteiger partial charge in [0, 0.05) is 15.6 Å². The lowest BCUT2D eigenvalue weighted by atomic mass is 10.2. The third-order valence-corrected chi connectivity index (χ3v) is 5.14. The number of hydrogen-bond acceptors (Lipinski definition) is 4. The smallest absolute Gasteiger partial charge is 0.298 e. The van der Waals surface area contributed by atoms with Crippen LogP contribution in [0.5, 0.6) is 0 Å². The number of carbonyl (C=O) groups is 1. The normalized spacial score (nSPS) is 11.1. The molecule has 9 heteroatoms. The van der Waals surface area contributed by atoms with Crippen molar-refractivity contribution in [3.8, 4) is 0 Å². The van der Waals surface area contributed by atoms with E-state index in [0.29, 0.717) is 5.03 Å². The third-order valence-electron chi connectivity index (χ3n) is 3.59. The molecule has 4 nitrogen and oxygen atoms in total. The number of aromatic nitrogens is 1. The highest BCUT2D eigenvalue weighted by molar-refractivity contribution is 9.10. The summed E-state index contributed by atoms with van der Waals surface area (Å²) in [5, 5.41) is 0.438. The number of rotatable bonds is 5. The summed E-state index contributed by atoms with van der Waals surface area (Å²) in [6, 6.07) is 15.5. The minimum Gasteiger partial charge on any atom is -0.298 e. The molecule has 0 fully saturated rings. The van der Waals surface area contributed by atoms with E-state index in [4.69, 9.17) is 0 Å². The summed E-state index contributed by atoms with van der Waals surface area (Å²) in [5.74, 6) is -0.593. The van der Waals surface area contributed by atoms with Crippen LogP contribution in [-0.2, 0) is 6.18 Å². The summed E-state index contributed by atoms with van der Waals surface area (Å²) in [7, 11) is 0. The molecular formula is C19H13BrF3N3OS. The summed E-state index contributed by atoms with van der Waals surface area (Å²) in [6.07, 6.45) is -2.99. The fourth-order valence-corrected chi connectivity index (χ4v) is 3.43. The van der Waals surface area contributed by atoms with Crippen molar-refractivity contribution in [3.63, 3.8) is 0 Å². The Balaban J connectivity index is 1.76. The second kappa shape index (κ2) is 8.66. The molecule has 1 heterocycles. The molecule has 1 aromatic heterocycles. The number of anilines is 1. The van der Waals surface area contributed by atoms with Crippen molar-refractivity contribution >= 4 is 39.3 Å². The Hall–Kier alpha value is -2.52. The summed E-state index contributed by atoms with van der Waals surface area (Å²) in [4.78, 5) is 17.6. The molecule has 3 aromatic rings. The van der Waals surface area contributed by atoms with Crippen LogP contribution in [-0.4, -0.2) is 10.9 Å². The van der Waals surface area contributed by atoms with Crippen molar-refractivity contribution in [1.29, 1.82) is 0 Å². The van der Waals surface area contributed by atoms with Crippen LogP contribution in [0.4, 0.5) is 18.9 Å². The molecule has 0 aliphatic rings. The van der Waals surface area contributed by atoms with Gasteiger partial charge in [-0.1, -0.05) is 39.8 Å². The molecule has 2 aromatic carbocycles. The number of alkyl halides is 3. The van der Waals surface area contributed by atoms with E-state index < -0.39 is 17.6 Å². The van der Waals surface area contributed by atoms with Crippen LogP contribution < -0.4 is 10.9 Å². The zero-order valence-corrected chi connectivity index (χ0v) is 16.5. The Kier molecular flexibility index (Phi) is 6.25. The SMILES string of the molecule is O=C(NNc1ccccc1C(F)(F)F)c1cccnc1Sc1ccc(Br)cc1. The van der Waals surface area contributed by atoms with Gasteiger partial charge in [0.15, 0.2) is 0 Å². The molecule has 144 valence electrons. The van der Waals surface area contributed by atoms with Crippen molar-refractivity contribution in [2.45, 2.75) is 16.1 Å². The Labute approximate surface area is 171 Å². The molecule has 3 rings (SSSR count). The van der Waals surface area contributed by atoms with Crippen molar-refractivity contribution in [2.75, 3.05) is 5.43 Å². The quantitative estimate of drug-likeness (QED) is 0.467. The molecule has 0 atom stereocenters. The highest BCUT2D eigenvalue weighted by atomic mass is 79.9. The van der Waals surface area contributed by atoms with E-state index in [1.807, 2.05) is 24.3 Å². The Morgan fingerprint density at radius 3 is 2.43 bits per heavy atom. The molecule has 0 aliphatic heterocycles. The number of halogens is 4. The van der Waals surface area contributed by atoms with Crippen molar-refractivity contribution in [2.24, 2.45) is 0 Å². The summed E-state index contributed by atoms with van der Waals surface area (Å²) in [5.41, 5.74) is 3.80. The van der Waals surface area contributed by atoms with Crippen LogP contribution in [0.2, 0.25) is 0 Å². The Morgan fingerprint density at radius 1 is 1.00 bits per heavy atom. The van der Waals surface area contributed by atoms with E-state index in [1.54, 1.807) is 18.3 Å².